The van der Waals surface area contributed by atoms with E-state index in [1.165, 1.54) is 0 Å². The number of nitrogens with zero attached hydrogens (tertiary/aromatic N) is 3. The number of aromatic nitrogens is 2. The molecule has 1 amide bonds. The van der Waals surface area contributed by atoms with Gasteiger partial charge >= 0.3 is 0 Å². The predicted octanol–water partition coefficient (Wildman–Crippen LogP) is 1.07. The number of nitrogens with one attached hydrogen (secondary N) is 1. The van der Waals surface area contributed by atoms with E-state index < -0.39 is 6.23 Å². The SMILES string of the molecule is NC1CCN(c2cc(C(N)O)c3[nH]c4cc(C(=O)N5CCOCC5)ccc4c3n2)CC1. The number of H-pyrrole nitrogens is 1. The quantitative estimate of drug-likeness (QED) is 0.462. The molecule has 2 aromatic heterocycles. The summed E-state index contributed by atoms with van der Waals surface area (Å²) in [7, 11) is 0. The van der Waals surface area contributed by atoms with Crippen molar-refractivity contribution in [3.8, 4) is 0 Å². The van der Waals surface area contributed by atoms with Crippen molar-refractivity contribution in [2.24, 2.45) is 11.5 Å². The predicted molar refractivity (Wildman–Crippen MR) is 119 cm³/mol. The zero-order chi connectivity index (χ0) is 21.5. The standard InChI is InChI=1S/C22H28N6O3/c23-14-3-5-27(6-4-14)18-12-16(21(24)29)20-19(26-18)15-2-1-13(11-17(15)25-20)22(30)28-7-9-31-10-8-28/h1-2,11-12,14,21,25,29H,3-10,23-24H2. The summed E-state index contributed by atoms with van der Waals surface area (Å²) in [5, 5.41) is 11.1. The number of aliphatic hydroxyl groups is 1. The van der Waals surface area contributed by atoms with Gasteiger partial charge in [-0.05, 0) is 37.1 Å². The van der Waals surface area contributed by atoms with E-state index in [1.54, 1.807) is 4.90 Å². The second-order valence-corrected chi connectivity index (χ2v) is 8.35. The Morgan fingerprint density at radius 2 is 1.94 bits per heavy atom. The number of carbonyl (C=O) groups excluding carboxylic acids is 1. The highest BCUT2D eigenvalue weighted by Gasteiger charge is 2.23. The van der Waals surface area contributed by atoms with Crippen LogP contribution in [0.2, 0.25) is 0 Å². The van der Waals surface area contributed by atoms with Crippen molar-refractivity contribution in [2.75, 3.05) is 44.3 Å². The maximum Gasteiger partial charge on any atom is 0.254 e. The van der Waals surface area contributed by atoms with Crippen LogP contribution < -0.4 is 16.4 Å². The lowest BCUT2D eigenvalue weighted by Gasteiger charge is -2.31. The summed E-state index contributed by atoms with van der Waals surface area (Å²) in [5.74, 6) is 0.773. The number of rotatable bonds is 3. The molecule has 6 N–H and O–H groups in total. The number of piperidine rings is 1. The summed E-state index contributed by atoms with van der Waals surface area (Å²) in [6.45, 7) is 3.95. The van der Waals surface area contributed by atoms with E-state index in [2.05, 4.69) is 9.88 Å². The molecule has 1 unspecified atom stereocenters. The fourth-order valence-electron chi connectivity index (χ4n) is 4.47. The number of hydrogen-bond donors (Lipinski definition) is 4. The van der Waals surface area contributed by atoms with Gasteiger partial charge in [0.05, 0.1) is 24.2 Å². The van der Waals surface area contributed by atoms with E-state index in [-0.39, 0.29) is 11.9 Å². The highest BCUT2D eigenvalue weighted by atomic mass is 16.5. The Morgan fingerprint density at radius 3 is 2.65 bits per heavy atom. The van der Waals surface area contributed by atoms with Crippen LogP contribution >= 0.6 is 0 Å². The minimum Gasteiger partial charge on any atom is -0.378 e. The lowest BCUT2D eigenvalue weighted by molar-refractivity contribution is 0.0303. The first-order valence-electron chi connectivity index (χ1n) is 10.8. The largest absolute Gasteiger partial charge is 0.378 e. The molecular weight excluding hydrogens is 396 g/mol. The molecule has 164 valence electrons. The third-order valence-corrected chi connectivity index (χ3v) is 6.30. The van der Waals surface area contributed by atoms with Crippen molar-refractivity contribution >= 4 is 33.7 Å². The second-order valence-electron chi connectivity index (χ2n) is 8.35. The van der Waals surface area contributed by atoms with Gasteiger partial charge in [-0.1, -0.05) is 0 Å². The normalized spacial score (nSPS) is 19.3. The van der Waals surface area contributed by atoms with E-state index >= 15 is 0 Å². The number of pyridine rings is 1. The molecule has 0 aliphatic carbocycles. The van der Waals surface area contributed by atoms with Gasteiger partial charge in [0.2, 0.25) is 0 Å². The van der Waals surface area contributed by atoms with Gasteiger partial charge < -0.3 is 36.1 Å². The third kappa shape index (κ3) is 3.74. The third-order valence-electron chi connectivity index (χ3n) is 6.30. The van der Waals surface area contributed by atoms with Crippen LogP contribution in [0.25, 0.3) is 21.9 Å². The van der Waals surface area contributed by atoms with Crippen LogP contribution in [-0.2, 0) is 4.74 Å². The molecule has 31 heavy (non-hydrogen) atoms. The van der Waals surface area contributed by atoms with Gasteiger partial charge in [0.1, 0.15) is 12.0 Å². The fourth-order valence-corrected chi connectivity index (χ4v) is 4.47. The minimum atomic E-state index is -1.14. The van der Waals surface area contributed by atoms with Gasteiger partial charge in [-0.15, -0.1) is 0 Å². The maximum atomic E-state index is 12.9. The monoisotopic (exact) mass is 424 g/mol. The molecule has 4 heterocycles. The summed E-state index contributed by atoms with van der Waals surface area (Å²) in [4.78, 5) is 25.1. The number of anilines is 1. The molecule has 2 saturated heterocycles. The molecule has 1 aromatic carbocycles. The lowest BCUT2D eigenvalue weighted by atomic mass is 10.1. The molecule has 1 atom stereocenters. The van der Waals surface area contributed by atoms with E-state index in [1.807, 2.05) is 24.3 Å². The van der Waals surface area contributed by atoms with Crippen molar-refractivity contribution in [1.29, 1.82) is 0 Å². The molecule has 3 aromatic rings. The smallest absolute Gasteiger partial charge is 0.254 e. The summed E-state index contributed by atoms with van der Waals surface area (Å²) in [6.07, 6.45) is 0.668. The Hall–Kier alpha value is -2.72. The molecule has 0 bridgehead atoms. The number of aromatic amines is 1. The average Bonchev–Trinajstić information content (AvgIpc) is 3.16. The molecule has 0 saturated carbocycles. The number of nitrogens with two attached hydrogens (primary N) is 2. The number of amides is 1. The first-order valence-corrected chi connectivity index (χ1v) is 10.8. The van der Waals surface area contributed by atoms with Crippen LogP contribution in [0.1, 0.15) is 35.0 Å². The summed E-state index contributed by atoms with van der Waals surface area (Å²) >= 11 is 0. The van der Waals surface area contributed by atoms with E-state index in [0.717, 1.165) is 48.2 Å². The summed E-state index contributed by atoms with van der Waals surface area (Å²) in [5.41, 5.74) is 15.4. The first-order chi connectivity index (χ1) is 15.0. The molecule has 5 rings (SSSR count). The van der Waals surface area contributed by atoms with Gasteiger partial charge in [0.15, 0.2) is 0 Å². The Morgan fingerprint density at radius 1 is 1.19 bits per heavy atom. The highest BCUT2D eigenvalue weighted by molar-refractivity contribution is 6.09. The number of carbonyl (C=O) groups is 1. The lowest BCUT2D eigenvalue weighted by Crippen LogP contribution is -2.40. The second kappa shape index (κ2) is 8.08. The molecule has 0 radical (unpaired) electrons. The number of morpholine rings is 1. The highest BCUT2D eigenvalue weighted by Crippen LogP contribution is 2.32. The Balaban J connectivity index is 1.56. The van der Waals surface area contributed by atoms with E-state index in [9.17, 15) is 9.90 Å². The molecule has 2 aliphatic heterocycles. The van der Waals surface area contributed by atoms with Crippen molar-refractivity contribution in [2.45, 2.75) is 25.1 Å². The van der Waals surface area contributed by atoms with Gasteiger partial charge in [-0.3, -0.25) is 4.79 Å². The van der Waals surface area contributed by atoms with Crippen molar-refractivity contribution < 1.29 is 14.6 Å². The van der Waals surface area contributed by atoms with Crippen LogP contribution in [0.15, 0.2) is 24.3 Å². The number of hydrogen-bond acceptors (Lipinski definition) is 7. The van der Waals surface area contributed by atoms with Crippen LogP contribution in [0.5, 0.6) is 0 Å². The minimum absolute atomic E-state index is 0.0127. The number of benzene rings is 1. The van der Waals surface area contributed by atoms with Crippen LogP contribution in [0.3, 0.4) is 0 Å². The fraction of sp³-hybridized carbons (Fsp3) is 0.455. The van der Waals surface area contributed by atoms with Crippen LogP contribution in [-0.4, -0.2) is 71.3 Å². The summed E-state index contributed by atoms with van der Waals surface area (Å²) in [6, 6.07) is 7.66. The summed E-state index contributed by atoms with van der Waals surface area (Å²) < 4.78 is 5.34. The number of fused-ring (bicyclic) bond motifs is 3. The zero-order valence-corrected chi connectivity index (χ0v) is 17.4. The number of ether oxygens (including phenoxy) is 1. The van der Waals surface area contributed by atoms with Crippen molar-refractivity contribution in [1.82, 2.24) is 14.9 Å². The molecule has 9 heteroatoms. The van der Waals surface area contributed by atoms with Gasteiger partial charge in [-0.25, -0.2) is 4.98 Å². The van der Waals surface area contributed by atoms with Crippen molar-refractivity contribution in [3.05, 3.63) is 35.4 Å². The van der Waals surface area contributed by atoms with E-state index in [4.69, 9.17) is 21.2 Å². The molecular formula is C22H28N6O3. The Kier molecular flexibility index (Phi) is 5.27. The maximum absolute atomic E-state index is 12.9. The molecule has 0 spiro atoms. The average molecular weight is 425 g/mol. The van der Waals surface area contributed by atoms with Crippen molar-refractivity contribution in [3.63, 3.8) is 0 Å². The molecule has 2 aliphatic rings. The van der Waals surface area contributed by atoms with Gasteiger partial charge in [0, 0.05) is 54.3 Å². The Bertz CT molecular complexity index is 1110. The van der Waals surface area contributed by atoms with Gasteiger partial charge in [-0.2, -0.15) is 0 Å². The van der Waals surface area contributed by atoms with Gasteiger partial charge in [0.25, 0.3) is 5.91 Å². The topological polar surface area (TPSA) is 134 Å². The van der Waals surface area contributed by atoms with E-state index in [0.29, 0.717) is 42.9 Å². The molecule has 9 nitrogen and oxygen atoms in total. The van der Waals surface area contributed by atoms with Crippen LogP contribution in [0, 0.1) is 0 Å². The zero-order valence-electron chi connectivity index (χ0n) is 17.4. The Labute approximate surface area is 179 Å². The van der Waals surface area contributed by atoms with Crippen LogP contribution in [0.4, 0.5) is 5.82 Å². The number of aliphatic hydroxyl groups excluding tert-OH is 1. The first kappa shape index (κ1) is 20.2. The molecule has 2 fully saturated rings.